The second kappa shape index (κ2) is 6.97. The molecule has 6 nitrogen and oxygen atoms in total. The molecule has 1 N–H and O–H groups in total. The average molecular weight is 398 g/mol. The minimum atomic E-state index is -4.47. The highest BCUT2D eigenvalue weighted by atomic mass is 35.5. The van der Waals surface area contributed by atoms with Gasteiger partial charge in [-0.3, -0.25) is 0 Å². The van der Waals surface area contributed by atoms with Crippen molar-refractivity contribution in [3.05, 3.63) is 41.3 Å². The lowest BCUT2D eigenvalue weighted by Gasteiger charge is -2.23. The van der Waals surface area contributed by atoms with Crippen molar-refractivity contribution in [2.24, 2.45) is 0 Å². The van der Waals surface area contributed by atoms with Crippen molar-refractivity contribution >= 4 is 22.6 Å². The van der Waals surface area contributed by atoms with Gasteiger partial charge in [0.05, 0.1) is 22.8 Å². The predicted molar refractivity (Wildman–Crippen MR) is 93.0 cm³/mol. The summed E-state index contributed by atoms with van der Waals surface area (Å²) in [4.78, 5) is 8.39. The number of benzene rings is 1. The highest BCUT2D eigenvalue weighted by molar-refractivity contribution is 6.32. The van der Waals surface area contributed by atoms with E-state index in [1.54, 1.807) is 6.20 Å². The lowest BCUT2D eigenvalue weighted by molar-refractivity contribution is -0.137. The molecule has 2 aromatic heterocycles. The van der Waals surface area contributed by atoms with E-state index in [2.05, 4.69) is 20.4 Å². The standard InChI is InChI=1S/C17H15ClF3N5O/c18-13-7-10(17(19,20)21)1-2-14(13)27-16-12-8-25-26(15(12)23-9-24-16)11-3-5-22-6-4-11/h1-2,7-9,11,22H,3-6H2. The monoisotopic (exact) mass is 397 g/mol. The third-order valence-corrected chi connectivity index (χ3v) is 4.77. The zero-order valence-electron chi connectivity index (χ0n) is 14.0. The van der Waals surface area contributed by atoms with Gasteiger partial charge in [0.2, 0.25) is 5.88 Å². The van der Waals surface area contributed by atoms with Crippen LogP contribution in [0, 0.1) is 0 Å². The second-order valence-electron chi connectivity index (χ2n) is 6.23. The molecule has 10 heteroatoms. The lowest BCUT2D eigenvalue weighted by atomic mass is 10.1. The Bertz CT molecular complexity index is 969. The van der Waals surface area contributed by atoms with Gasteiger partial charge in [0, 0.05) is 0 Å². The Balaban J connectivity index is 1.66. The number of aromatic nitrogens is 4. The first kappa shape index (κ1) is 18.0. The van der Waals surface area contributed by atoms with Crippen molar-refractivity contribution < 1.29 is 17.9 Å². The van der Waals surface area contributed by atoms with E-state index in [1.165, 1.54) is 12.4 Å². The van der Waals surface area contributed by atoms with E-state index < -0.39 is 11.7 Å². The topological polar surface area (TPSA) is 64.9 Å². The molecule has 1 aliphatic rings. The molecule has 4 rings (SSSR count). The Morgan fingerprint density at radius 1 is 1.19 bits per heavy atom. The third-order valence-electron chi connectivity index (χ3n) is 4.47. The molecular weight excluding hydrogens is 383 g/mol. The maximum absolute atomic E-state index is 12.8. The first-order chi connectivity index (χ1) is 12.9. The van der Waals surface area contributed by atoms with Crippen molar-refractivity contribution in [1.29, 1.82) is 0 Å². The van der Waals surface area contributed by atoms with E-state index in [0.29, 0.717) is 11.0 Å². The summed E-state index contributed by atoms with van der Waals surface area (Å²) in [6, 6.07) is 3.14. The SMILES string of the molecule is FC(F)(F)c1ccc(Oc2ncnc3c2cnn3C2CCNCC2)c(Cl)c1. The molecule has 0 saturated carbocycles. The Morgan fingerprint density at radius 3 is 2.67 bits per heavy atom. The molecule has 1 saturated heterocycles. The van der Waals surface area contributed by atoms with Crippen LogP contribution in [0.15, 0.2) is 30.7 Å². The van der Waals surface area contributed by atoms with Crippen LogP contribution in [0.3, 0.4) is 0 Å². The summed E-state index contributed by atoms with van der Waals surface area (Å²) in [5.41, 5.74) is -0.221. The van der Waals surface area contributed by atoms with Gasteiger partial charge >= 0.3 is 6.18 Å². The van der Waals surface area contributed by atoms with Gasteiger partial charge in [-0.2, -0.15) is 18.3 Å². The lowest BCUT2D eigenvalue weighted by Crippen LogP contribution is -2.29. The van der Waals surface area contributed by atoms with E-state index in [9.17, 15) is 13.2 Å². The van der Waals surface area contributed by atoms with Crippen molar-refractivity contribution in [3.63, 3.8) is 0 Å². The Kier molecular flexibility index (Phi) is 4.65. The molecule has 0 amide bonds. The molecule has 3 heterocycles. The summed E-state index contributed by atoms with van der Waals surface area (Å²) < 4.78 is 45.9. The molecule has 0 unspecified atom stereocenters. The number of hydrogen-bond donors (Lipinski definition) is 1. The minimum absolute atomic E-state index is 0.0827. The highest BCUT2D eigenvalue weighted by Crippen LogP contribution is 2.37. The maximum Gasteiger partial charge on any atom is 0.416 e. The number of nitrogens with zero attached hydrogens (tertiary/aromatic N) is 4. The summed E-state index contributed by atoms with van der Waals surface area (Å²) >= 11 is 5.97. The van der Waals surface area contributed by atoms with Gasteiger partial charge in [0.25, 0.3) is 0 Å². The molecule has 27 heavy (non-hydrogen) atoms. The number of nitrogens with one attached hydrogen (secondary N) is 1. The zero-order valence-corrected chi connectivity index (χ0v) is 14.8. The van der Waals surface area contributed by atoms with Gasteiger partial charge < -0.3 is 10.1 Å². The fourth-order valence-electron chi connectivity index (χ4n) is 3.10. The van der Waals surface area contributed by atoms with Crippen LogP contribution >= 0.6 is 11.6 Å². The zero-order chi connectivity index (χ0) is 19.0. The van der Waals surface area contributed by atoms with Crippen molar-refractivity contribution in [2.45, 2.75) is 25.1 Å². The fraction of sp³-hybridized carbons (Fsp3) is 0.353. The third kappa shape index (κ3) is 3.57. The molecule has 0 bridgehead atoms. The van der Waals surface area contributed by atoms with Crippen LogP contribution in [0.5, 0.6) is 11.6 Å². The van der Waals surface area contributed by atoms with E-state index >= 15 is 0 Å². The Morgan fingerprint density at radius 2 is 1.96 bits per heavy atom. The van der Waals surface area contributed by atoms with Gasteiger partial charge in [-0.05, 0) is 44.1 Å². The number of piperidine rings is 1. The minimum Gasteiger partial charge on any atom is -0.437 e. The average Bonchev–Trinajstić information content (AvgIpc) is 3.08. The van der Waals surface area contributed by atoms with E-state index in [4.69, 9.17) is 16.3 Å². The van der Waals surface area contributed by atoms with Crippen LogP contribution in [0.4, 0.5) is 13.2 Å². The van der Waals surface area contributed by atoms with Crippen LogP contribution in [0.1, 0.15) is 24.4 Å². The first-order valence-corrected chi connectivity index (χ1v) is 8.75. The van der Waals surface area contributed by atoms with Gasteiger partial charge in [-0.25, -0.2) is 14.6 Å². The smallest absolute Gasteiger partial charge is 0.416 e. The molecule has 0 atom stereocenters. The van der Waals surface area contributed by atoms with Crippen LogP contribution in [0.25, 0.3) is 11.0 Å². The molecule has 0 aliphatic carbocycles. The van der Waals surface area contributed by atoms with E-state index in [1.807, 2.05) is 4.68 Å². The van der Waals surface area contributed by atoms with Gasteiger partial charge in [-0.15, -0.1) is 0 Å². The van der Waals surface area contributed by atoms with Crippen LogP contribution in [-0.2, 0) is 6.18 Å². The molecular formula is C17H15ClF3N5O. The first-order valence-electron chi connectivity index (χ1n) is 8.37. The second-order valence-corrected chi connectivity index (χ2v) is 6.64. The number of rotatable bonds is 3. The molecule has 142 valence electrons. The van der Waals surface area contributed by atoms with Gasteiger partial charge in [-0.1, -0.05) is 11.6 Å². The summed E-state index contributed by atoms with van der Waals surface area (Å²) in [5.74, 6) is 0.279. The molecule has 1 aromatic carbocycles. The Labute approximate surface area is 157 Å². The summed E-state index contributed by atoms with van der Waals surface area (Å²) in [5, 5.41) is 8.14. The van der Waals surface area contributed by atoms with Gasteiger partial charge in [0.1, 0.15) is 17.5 Å². The van der Waals surface area contributed by atoms with Gasteiger partial charge in [0.15, 0.2) is 5.65 Å². The van der Waals surface area contributed by atoms with Crippen LogP contribution in [-0.4, -0.2) is 32.8 Å². The number of hydrogen-bond acceptors (Lipinski definition) is 5. The molecule has 0 spiro atoms. The number of fused-ring (bicyclic) bond motifs is 1. The van der Waals surface area contributed by atoms with Crippen molar-refractivity contribution in [2.75, 3.05) is 13.1 Å². The molecule has 1 aliphatic heterocycles. The number of halogens is 4. The summed E-state index contributed by atoms with van der Waals surface area (Å²) in [6.07, 6.45) is 0.337. The van der Waals surface area contributed by atoms with Crippen LogP contribution < -0.4 is 10.1 Å². The normalized spacial score (nSPS) is 16.0. The maximum atomic E-state index is 12.8. The van der Waals surface area contributed by atoms with Crippen molar-refractivity contribution in [1.82, 2.24) is 25.1 Å². The fourth-order valence-corrected chi connectivity index (χ4v) is 3.32. The largest absolute Gasteiger partial charge is 0.437 e. The predicted octanol–water partition coefficient (Wildman–Crippen LogP) is 4.22. The molecule has 1 fully saturated rings. The molecule has 0 radical (unpaired) electrons. The summed E-state index contributed by atoms with van der Waals surface area (Å²) in [7, 11) is 0. The van der Waals surface area contributed by atoms with Crippen molar-refractivity contribution in [3.8, 4) is 11.6 Å². The summed E-state index contributed by atoms with van der Waals surface area (Å²) in [6.45, 7) is 1.81. The Hall–Kier alpha value is -2.39. The number of ether oxygens (including phenoxy) is 1. The van der Waals surface area contributed by atoms with E-state index in [-0.39, 0.29) is 22.7 Å². The quantitative estimate of drug-likeness (QED) is 0.717. The highest BCUT2D eigenvalue weighted by Gasteiger charge is 2.31. The number of alkyl halides is 3. The van der Waals surface area contributed by atoms with Crippen LogP contribution in [0.2, 0.25) is 5.02 Å². The van der Waals surface area contributed by atoms with E-state index in [0.717, 1.165) is 38.1 Å². The molecule has 3 aromatic rings.